The van der Waals surface area contributed by atoms with Crippen LogP contribution in [-0.2, 0) is 14.4 Å². The number of carbonyl (C=O) groups excluding carboxylic acids is 3. The van der Waals surface area contributed by atoms with E-state index >= 15 is 0 Å². The fourth-order valence-electron chi connectivity index (χ4n) is 2.09. The summed E-state index contributed by atoms with van der Waals surface area (Å²) in [5, 5.41) is 7.64. The highest BCUT2D eigenvalue weighted by Gasteiger charge is 2.24. The smallest absolute Gasteiger partial charge is 0.229 e. The Kier molecular flexibility index (Phi) is 4.52. The van der Waals surface area contributed by atoms with Gasteiger partial charge < -0.3 is 16.0 Å². The normalized spacial score (nSPS) is 17.8. The zero-order chi connectivity index (χ0) is 15.4. The molecule has 0 aromatic heterocycles. The molecule has 1 saturated heterocycles. The molecule has 21 heavy (non-hydrogen) atoms. The van der Waals surface area contributed by atoms with Crippen LogP contribution in [0.3, 0.4) is 0 Å². The summed E-state index contributed by atoms with van der Waals surface area (Å²) >= 11 is 0. The van der Waals surface area contributed by atoms with Crippen molar-refractivity contribution in [2.24, 2.45) is 5.92 Å². The Morgan fingerprint density at radius 3 is 2.71 bits per heavy atom. The second kappa shape index (κ2) is 6.34. The van der Waals surface area contributed by atoms with Gasteiger partial charge in [0, 0.05) is 25.6 Å². The number of carbonyl (C=O) groups is 3. The molecule has 0 bridgehead atoms. The van der Waals surface area contributed by atoms with Crippen molar-refractivity contribution in [1.82, 2.24) is 5.32 Å². The lowest BCUT2D eigenvalue weighted by atomic mass is 9.98. The fourth-order valence-corrected chi connectivity index (χ4v) is 2.09. The van der Waals surface area contributed by atoms with Crippen LogP contribution in [0.25, 0.3) is 0 Å². The van der Waals surface area contributed by atoms with E-state index in [4.69, 9.17) is 0 Å². The Balaban J connectivity index is 2.03. The number of nitrogens with one attached hydrogen (secondary N) is 3. The molecule has 1 aromatic carbocycles. The second-order valence-electron chi connectivity index (χ2n) is 4.90. The Morgan fingerprint density at radius 1 is 1.33 bits per heavy atom. The predicted molar refractivity (Wildman–Crippen MR) is 75.1 cm³/mol. The predicted octanol–water partition coefficient (Wildman–Crippen LogP) is 1.25. The van der Waals surface area contributed by atoms with Crippen LogP contribution in [0.5, 0.6) is 0 Å². The first-order valence-corrected chi connectivity index (χ1v) is 6.60. The van der Waals surface area contributed by atoms with E-state index in [1.54, 1.807) is 0 Å². The molecule has 112 valence electrons. The molecule has 1 unspecified atom stereocenters. The van der Waals surface area contributed by atoms with Crippen LogP contribution < -0.4 is 16.0 Å². The number of benzene rings is 1. The van der Waals surface area contributed by atoms with Crippen molar-refractivity contribution in [3.05, 3.63) is 24.0 Å². The lowest BCUT2D eigenvalue weighted by Gasteiger charge is -2.21. The van der Waals surface area contributed by atoms with E-state index in [1.165, 1.54) is 25.1 Å². The number of anilines is 2. The Labute approximate surface area is 121 Å². The maximum absolute atomic E-state index is 13.5. The van der Waals surface area contributed by atoms with Gasteiger partial charge in [-0.2, -0.15) is 0 Å². The number of rotatable bonds is 3. The van der Waals surface area contributed by atoms with Gasteiger partial charge in [-0.3, -0.25) is 14.4 Å². The molecule has 1 fully saturated rings. The summed E-state index contributed by atoms with van der Waals surface area (Å²) in [5.74, 6) is -1.58. The summed E-state index contributed by atoms with van der Waals surface area (Å²) in [6.45, 7) is 1.57. The van der Waals surface area contributed by atoms with Gasteiger partial charge in [-0.15, -0.1) is 0 Å². The summed E-state index contributed by atoms with van der Waals surface area (Å²) in [6, 6.07) is 3.94. The molecule has 1 aliphatic rings. The maximum Gasteiger partial charge on any atom is 0.229 e. The van der Waals surface area contributed by atoms with Crippen LogP contribution >= 0.6 is 0 Å². The molecule has 0 spiro atoms. The molecule has 7 heteroatoms. The highest BCUT2D eigenvalue weighted by atomic mass is 19.1. The van der Waals surface area contributed by atoms with Gasteiger partial charge in [0.15, 0.2) is 0 Å². The fraction of sp³-hybridized carbons (Fsp3) is 0.357. The van der Waals surface area contributed by atoms with Gasteiger partial charge in [-0.25, -0.2) is 4.39 Å². The summed E-state index contributed by atoms with van der Waals surface area (Å²) in [4.78, 5) is 34.1. The van der Waals surface area contributed by atoms with Gasteiger partial charge in [0.1, 0.15) is 5.82 Å². The minimum Gasteiger partial charge on any atom is -0.355 e. The number of amides is 3. The van der Waals surface area contributed by atoms with Gasteiger partial charge in [0.05, 0.1) is 11.6 Å². The number of halogens is 1. The summed E-state index contributed by atoms with van der Waals surface area (Å²) in [5.41, 5.74) is 0.402. The third-order valence-electron chi connectivity index (χ3n) is 3.18. The van der Waals surface area contributed by atoms with Gasteiger partial charge >= 0.3 is 0 Å². The highest BCUT2D eigenvalue weighted by Crippen LogP contribution is 2.21. The molecule has 1 atom stereocenters. The van der Waals surface area contributed by atoms with E-state index < -0.39 is 11.7 Å². The average molecular weight is 293 g/mol. The largest absolute Gasteiger partial charge is 0.355 e. The summed E-state index contributed by atoms with van der Waals surface area (Å²) < 4.78 is 13.5. The first kappa shape index (κ1) is 15.0. The van der Waals surface area contributed by atoms with E-state index in [0.717, 1.165) is 0 Å². The first-order valence-electron chi connectivity index (χ1n) is 6.60. The monoisotopic (exact) mass is 293 g/mol. The molecule has 3 N–H and O–H groups in total. The van der Waals surface area contributed by atoms with Crippen molar-refractivity contribution in [2.45, 2.75) is 19.8 Å². The van der Waals surface area contributed by atoms with Gasteiger partial charge in [-0.1, -0.05) is 0 Å². The lowest BCUT2D eigenvalue weighted by molar-refractivity contribution is -0.126. The van der Waals surface area contributed by atoms with E-state index in [1.807, 2.05) is 0 Å². The molecule has 1 aromatic rings. The summed E-state index contributed by atoms with van der Waals surface area (Å²) in [7, 11) is 0. The third kappa shape index (κ3) is 4.01. The van der Waals surface area contributed by atoms with Crippen molar-refractivity contribution in [3.8, 4) is 0 Å². The van der Waals surface area contributed by atoms with Crippen LogP contribution in [-0.4, -0.2) is 24.3 Å². The van der Waals surface area contributed by atoms with Crippen molar-refractivity contribution in [1.29, 1.82) is 0 Å². The van der Waals surface area contributed by atoms with E-state index in [-0.39, 0.29) is 23.4 Å². The molecule has 0 radical (unpaired) electrons. The Hall–Kier alpha value is -2.44. The van der Waals surface area contributed by atoms with Gasteiger partial charge in [0.25, 0.3) is 0 Å². The van der Waals surface area contributed by atoms with Crippen LogP contribution in [0.4, 0.5) is 15.8 Å². The van der Waals surface area contributed by atoms with Crippen LogP contribution in [0.1, 0.15) is 19.8 Å². The molecule has 2 rings (SSSR count). The standard InChI is InChI=1S/C14H16FN3O3/c1-8(19)17-12-6-10(3-4-11(12)15)18-14(21)9-2-5-13(20)16-7-9/h3-4,6,9H,2,5,7H2,1H3,(H,16,20)(H,17,19)(H,18,21). The molecule has 0 aliphatic carbocycles. The molecule has 3 amide bonds. The average Bonchev–Trinajstić information content (AvgIpc) is 2.42. The number of piperidine rings is 1. The Bertz CT molecular complexity index is 579. The Morgan fingerprint density at radius 2 is 2.10 bits per heavy atom. The van der Waals surface area contributed by atoms with Crippen LogP contribution in [0.2, 0.25) is 0 Å². The number of hydrogen-bond acceptors (Lipinski definition) is 3. The van der Waals surface area contributed by atoms with Crippen LogP contribution in [0.15, 0.2) is 18.2 Å². The SMILES string of the molecule is CC(=O)Nc1cc(NC(=O)C2CCC(=O)NC2)ccc1F. The van der Waals surface area contributed by atoms with E-state index in [0.29, 0.717) is 25.1 Å². The molecular weight excluding hydrogens is 277 g/mol. The first-order chi connectivity index (χ1) is 9.95. The van der Waals surface area contributed by atoms with Crippen LogP contribution in [0, 0.1) is 11.7 Å². The van der Waals surface area contributed by atoms with Crippen molar-refractivity contribution >= 4 is 29.1 Å². The highest BCUT2D eigenvalue weighted by molar-refractivity contribution is 5.95. The van der Waals surface area contributed by atoms with Crippen molar-refractivity contribution in [3.63, 3.8) is 0 Å². The molecule has 1 aliphatic heterocycles. The zero-order valence-corrected chi connectivity index (χ0v) is 11.5. The molecule has 1 heterocycles. The van der Waals surface area contributed by atoms with E-state index in [2.05, 4.69) is 16.0 Å². The van der Waals surface area contributed by atoms with Gasteiger partial charge in [-0.05, 0) is 24.6 Å². The summed E-state index contributed by atoms with van der Waals surface area (Å²) in [6.07, 6.45) is 0.802. The third-order valence-corrected chi connectivity index (χ3v) is 3.18. The minimum absolute atomic E-state index is 0.0113. The van der Waals surface area contributed by atoms with Crippen molar-refractivity contribution in [2.75, 3.05) is 17.2 Å². The van der Waals surface area contributed by atoms with Crippen molar-refractivity contribution < 1.29 is 18.8 Å². The molecular formula is C14H16FN3O3. The second-order valence-corrected chi connectivity index (χ2v) is 4.90. The number of hydrogen-bond donors (Lipinski definition) is 3. The quantitative estimate of drug-likeness (QED) is 0.783. The minimum atomic E-state index is -0.576. The maximum atomic E-state index is 13.5. The zero-order valence-electron chi connectivity index (χ0n) is 11.5. The lowest BCUT2D eigenvalue weighted by Crippen LogP contribution is -2.40. The van der Waals surface area contributed by atoms with Gasteiger partial charge in [0.2, 0.25) is 17.7 Å². The topological polar surface area (TPSA) is 87.3 Å². The molecule has 6 nitrogen and oxygen atoms in total. The molecule has 0 saturated carbocycles. The van der Waals surface area contributed by atoms with E-state index in [9.17, 15) is 18.8 Å².